The van der Waals surface area contributed by atoms with E-state index in [0.29, 0.717) is 40.6 Å². The van der Waals surface area contributed by atoms with Gasteiger partial charge in [-0.15, -0.1) is 0 Å². The molecule has 2 aromatic carbocycles. The van der Waals surface area contributed by atoms with Gasteiger partial charge in [0.2, 0.25) is 6.79 Å². The van der Waals surface area contributed by atoms with Gasteiger partial charge in [-0.3, -0.25) is 9.59 Å². The average Bonchev–Trinajstić information content (AvgIpc) is 3.24. The third-order valence-corrected chi connectivity index (χ3v) is 4.95. The Morgan fingerprint density at radius 2 is 1.80 bits per heavy atom. The third kappa shape index (κ3) is 5.01. The molecule has 0 fully saturated rings. The van der Waals surface area contributed by atoms with Crippen LogP contribution in [-0.2, 0) is 0 Å². The first-order valence-electron chi connectivity index (χ1n) is 9.95. The quantitative estimate of drug-likeness (QED) is 0.657. The van der Waals surface area contributed by atoms with Gasteiger partial charge in [0.15, 0.2) is 11.5 Å². The van der Waals surface area contributed by atoms with Crippen LogP contribution in [-0.4, -0.2) is 56.8 Å². The number of anilines is 1. The van der Waals surface area contributed by atoms with Crippen molar-refractivity contribution in [2.45, 2.75) is 13.8 Å². The molecular weight excluding hydrogens is 386 g/mol. The van der Waals surface area contributed by atoms with E-state index in [1.165, 1.54) is 7.11 Å². The summed E-state index contributed by atoms with van der Waals surface area (Å²) in [6.45, 7) is 7.53. The molecule has 160 valence electrons. The maximum absolute atomic E-state index is 12.6. The monoisotopic (exact) mass is 413 g/mol. The van der Waals surface area contributed by atoms with Gasteiger partial charge < -0.3 is 29.7 Å². The Morgan fingerprint density at radius 1 is 1.03 bits per heavy atom. The van der Waals surface area contributed by atoms with Crippen molar-refractivity contribution >= 4 is 17.5 Å². The number of amides is 2. The Bertz CT molecular complexity index is 912. The van der Waals surface area contributed by atoms with Crippen molar-refractivity contribution in [3.8, 4) is 17.2 Å². The van der Waals surface area contributed by atoms with Crippen LogP contribution in [0.5, 0.6) is 17.2 Å². The average molecular weight is 413 g/mol. The van der Waals surface area contributed by atoms with Crippen LogP contribution in [0.3, 0.4) is 0 Å². The number of hydrogen-bond donors (Lipinski definition) is 2. The predicted molar refractivity (Wildman–Crippen MR) is 114 cm³/mol. The smallest absolute Gasteiger partial charge is 0.255 e. The largest absolute Gasteiger partial charge is 0.496 e. The fourth-order valence-electron chi connectivity index (χ4n) is 3.16. The summed E-state index contributed by atoms with van der Waals surface area (Å²) in [5, 5.41) is 5.72. The van der Waals surface area contributed by atoms with E-state index in [2.05, 4.69) is 29.4 Å². The maximum atomic E-state index is 12.6. The van der Waals surface area contributed by atoms with Gasteiger partial charge >= 0.3 is 0 Å². The van der Waals surface area contributed by atoms with Crippen molar-refractivity contribution in [1.29, 1.82) is 0 Å². The molecule has 1 aliphatic heterocycles. The van der Waals surface area contributed by atoms with E-state index in [4.69, 9.17) is 14.2 Å². The minimum atomic E-state index is -0.299. The van der Waals surface area contributed by atoms with Crippen LogP contribution in [0.25, 0.3) is 0 Å². The summed E-state index contributed by atoms with van der Waals surface area (Å²) in [6, 6.07) is 9.94. The molecule has 8 heteroatoms. The standard InChI is InChI=1S/C22H27N3O5/c1-4-25(5-2)11-10-23-22(27)17-8-7-16(13-19(17)28-3)24-21(26)15-6-9-18-20(12-15)30-14-29-18/h6-9,12-13H,4-5,10-11,14H2,1-3H3,(H,23,27)(H,24,26). The van der Waals surface area contributed by atoms with Crippen molar-refractivity contribution in [2.75, 3.05) is 45.4 Å². The molecule has 8 nitrogen and oxygen atoms in total. The summed E-state index contributed by atoms with van der Waals surface area (Å²) >= 11 is 0. The fraction of sp³-hybridized carbons (Fsp3) is 0.364. The van der Waals surface area contributed by atoms with Crippen molar-refractivity contribution in [1.82, 2.24) is 10.2 Å². The molecule has 0 bridgehead atoms. The number of nitrogens with zero attached hydrogens (tertiary/aromatic N) is 1. The summed E-state index contributed by atoms with van der Waals surface area (Å²) in [4.78, 5) is 27.3. The Balaban J connectivity index is 1.64. The number of likely N-dealkylation sites (N-methyl/N-ethyl adjacent to an activating group) is 1. The molecule has 1 aliphatic rings. The molecule has 0 atom stereocenters. The number of fused-ring (bicyclic) bond motifs is 1. The first-order valence-corrected chi connectivity index (χ1v) is 9.95. The molecule has 0 saturated carbocycles. The molecule has 1 heterocycles. The van der Waals surface area contributed by atoms with E-state index in [1.54, 1.807) is 36.4 Å². The second-order valence-corrected chi connectivity index (χ2v) is 6.72. The summed E-state index contributed by atoms with van der Waals surface area (Å²) in [6.07, 6.45) is 0. The highest BCUT2D eigenvalue weighted by Crippen LogP contribution is 2.33. The third-order valence-electron chi connectivity index (χ3n) is 4.95. The highest BCUT2D eigenvalue weighted by Gasteiger charge is 2.18. The number of ether oxygens (including phenoxy) is 3. The summed E-state index contributed by atoms with van der Waals surface area (Å²) in [5.74, 6) is 1.03. The molecular formula is C22H27N3O5. The number of methoxy groups -OCH3 is 1. The van der Waals surface area contributed by atoms with Crippen LogP contribution < -0.4 is 24.8 Å². The minimum absolute atomic E-state index is 0.149. The van der Waals surface area contributed by atoms with Crippen molar-refractivity contribution < 1.29 is 23.8 Å². The van der Waals surface area contributed by atoms with E-state index in [0.717, 1.165) is 19.6 Å². The van der Waals surface area contributed by atoms with Crippen LogP contribution in [0, 0.1) is 0 Å². The Hall–Kier alpha value is -3.26. The van der Waals surface area contributed by atoms with Gasteiger partial charge in [0, 0.05) is 30.4 Å². The molecule has 0 saturated heterocycles. The Morgan fingerprint density at radius 3 is 2.53 bits per heavy atom. The number of carbonyl (C=O) groups excluding carboxylic acids is 2. The Labute approximate surface area is 176 Å². The summed E-state index contributed by atoms with van der Waals surface area (Å²) < 4.78 is 15.9. The van der Waals surface area contributed by atoms with Gasteiger partial charge in [-0.05, 0) is 43.4 Å². The van der Waals surface area contributed by atoms with Crippen LogP contribution >= 0.6 is 0 Å². The Kier molecular flexibility index (Phi) is 7.13. The lowest BCUT2D eigenvalue weighted by molar-refractivity contribution is 0.0945. The highest BCUT2D eigenvalue weighted by molar-refractivity contribution is 6.05. The van der Waals surface area contributed by atoms with E-state index in [1.807, 2.05) is 0 Å². The molecule has 0 aliphatic carbocycles. The van der Waals surface area contributed by atoms with Gasteiger partial charge in [-0.1, -0.05) is 13.8 Å². The van der Waals surface area contributed by atoms with E-state index < -0.39 is 0 Å². The second kappa shape index (κ2) is 9.98. The molecule has 0 aromatic heterocycles. The molecule has 2 aromatic rings. The topological polar surface area (TPSA) is 89.1 Å². The first-order chi connectivity index (χ1) is 14.5. The normalized spacial score (nSPS) is 12.0. The minimum Gasteiger partial charge on any atom is -0.496 e. The fourth-order valence-corrected chi connectivity index (χ4v) is 3.16. The number of nitrogens with one attached hydrogen (secondary N) is 2. The van der Waals surface area contributed by atoms with Gasteiger partial charge in [0.1, 0.15) is 5.75 Å². The highest BCUT2D eigenvalue weighted by atomic mass is 16.7. The lowest BCUT2D eigenvalue weighted by Gasteiger charge is -2.18. The van der Waals surface area contributed by atoms with Gasteiger partial charge in [0.25, 0.3) is 11.8 Å². The molecule has 0 unspecified atom stereocenters. The van der Waals surface area contributed by atoms with Gasteiger partial charge in [-0.2, -0.15) is 0 Å². The van der Waals surface area contributed by atoms with Gasteiger partial charge in [-0.25, -0.2) is 0 Å². The molecule has 0 spiro atoms. The SMILES string of the molecule is CCN(CC)CCNC(=O)c1ccc(NC(=O)c2ccc3c(c2)OCO3)cc1OC. The number of hydrogen-bond acceptors (Lipinski definition) is 6. The number of rotatable bonds is 9. The van der Waals surface area contributed by atoms with E-state index in [-0.39, 0.29) is 18.6 Å². The zero-order valence-corrected chi connectivity index (χ0v) is 17.5. The zero-order valence-electron chi connectivity index (χ0n) is 17.5. The van der Waals surface area contributed by atoms with E-state index in [9.17, 15) is 9.59 Å². The van der Waals surface area contributed by atoms with Crippen molar-refractivity contribution in [3.05, 3.63) is 47.5 Å². The van der Waals surface area contributed by atoms with E-state index >= 15 is 0 Å². The predicted octanol–water partition coefficient (Wildman–Crippen LogP) is 2.75. The maximum Gasteiger partial charge on any atom is 0.255 e. The van der Waals surface area contributed by atoms with Crippen molar-refractivity contribution in [3.63, 3.8) is 0 Å². The zero-order chi connectivity index (χ0) is 21.5. The van der Waals surface area contributed by atoms with Crippen LogP contribution in [0.15, 0.2) is 36.4 Å². The lowest BCUT2D eigenvalue weighted by Crippen LogP contribution is -2.34. The summed E-state index contributed by atoms with van der Waals surface area (Å²) in [5.41, 5.74) is 1.38. The summed E-state index contributed by atoms with van der Waals surface area (Å²) in [7, 11) is 1.49. The molecule has 2 N–H and O–H groups in total. The number of carbonyl (C=O) groups is 2. The van der Waals surface area contributed by atoms with Crippen LogP contribution in [0.4, 0.5) is 5.69 Å². The lowest BCUT2D eigenvalue weighted by atomic mass is 10.1. The first kappa shape index (κ1) is 21.4. The molecule has 0 radical (unpaired) electrons. The molecule has 2 amide bonds. The molecule has 3 rings (SSSR count). The van der Waals surface area contributed by atoms with Crippen LogP contribution in [0.1, 0.15) is 34.6 Å². The number of benzene rings is 2. The molecule has 30 heavy (non-hydrogen) atoms. The van der Waals surface area contributed by atoms with Crippen LogP contribution in [0.2, 0.25) is 0 Å². The van der Waals surface area contributed by atoms with Gasteiger partial charge in [0.05, 0.1) is 12.7 Å². The second-order valence-electron chi connectivity index (χ2n) is 6.72. The van der Waals surface area contributed by atoms with Crippen molar-refractivity contribution in [2.24, 2.45) is 0 Å².